The highest BCUT2D eigenvalue weighted by molar-refractivity contribution is 5.37. The van der Waals surface area contributed by atoms with Gasteiger partial charge in [-0.15, -0.1) is 0 Å². The lowest BCUT2D eigenvalue weighted by atomic mass is 10.0. The molecule has 0 spiro atoms. The number of nitrogens with zero attached hydrogens (tertiary/aromatic N) is 2. The minimum atomic E-state index is 0.762. The van der Waals surface area contributed by atoms with Crippen molar-refractivity contribution >= 4 is 0 Å². The van der Waals surface area contributed by atoms with Gasteiger partial charge >= 0.3 is 0 Å². The summed E-state index contributed by atoms with van der Waals surface area (Å²) in [4.78, 5) is 5.01. The zero-order chi connectivity index (χ0) is 16.6. The van der Waals surface area contributed by atoms with Crippen LogP contribution >= 0.6 is 0 Å². The van der Waals surface area contributed by atoms with E-state index in [1.165, 1.54) is 24.2 Å². The van der Waals surface area contributed by atoms with Gasteiger partial charge in [0, 0.05) is 39.1 Å². The van der Waals surface area contributed by atoms with Crippen molar-refractivity contribution in [3.8, 4) is 5.75 Å². The highest BCUT2D eigenvalue weighted by Gasteiger charge is 2.15. The molecule has 3 nitrogen and oxygen atoms in total. The Morgan fingerprint density at radius 2 is 1.50 bits per heavy atom. The summed E-state index contributed by atoms with van der Waals surface area (Å²) in [6.45, 7) is 9.85. The summed E-state index contributed by atoms with van der Waals surface area (Å²) in [6.07, 6.45) is 0.923. The normalized spacial score (nSPS) is 16.2. The Morgan fingerprint density at radius 3 is 2.25 bits per heavy atom. The smallest absolute Gasteiger partial charge is 0.122 e. The van der Waals surface area contributed by atoms with Gasteiger partial charge in [-0.2, -0.15) is 0 Å². The van der Waals surface area contributed by atoms with E-state index in [1.54, 1.807) is 0 Å². The summed E-state index contributed by atoms with van der Waals surface area (Å²) < 4.78 is 6.11. The molecular weight excluding hydrogens is 296 g/mol. The van der Waals surface area contributed by atoms with E-state index in [-0.39, 0.29) is 0 Å². The van der Waals surface area contributed by atoms with E-state index >= 15 is 0 Å². The van der Waals surface area contributed by atoms with Gasteiger partial charge in [0.05, 0.1) is 0 Å². The van der Waals surface area contributed by atoms with Gasteiger partial charge in [0.2, 0.25) is 0 Å². The summed E-state index contributed by atoms with van der Waals surface area (Å²) in [6, 6.07) is 19.0. The van der Waals surface area contributed by atoms with E-state index in [9.17, 15) is 0 Å². The van der Waals surface area contributed by atoms with Crippen molar-refractivity contribution in [1.82, 2.24) is 9.80 Å². The maximum absolute atomic E-state index is 6.11. The largest absolute Gasteiger partial charge is 0.492 e. The van der Waals surface area contributed by atoms with Gasteiger partial charge in [-0.1, -0.05) is 55.5 Å². The Morgan fingerprint density at radius 1 is 0.833 bits per heavy atom. The molecule has 1 aliphatic rings. The van der Waals surface area contributed by atoms with E-state index in [1.807, 2.05) is 0 Å². The first kappa shape index (κ1) is 17.0. The molecule has 1 saturated heterocycles. The van der Waals surface area contributed by atoms with Crippen molar-refractivity contribution in [3.05, 3.63) is 65.7 Å². The summed E-state index contributed by atoms with van der Waals surface area (Å²) >= 11 is 0. The number of ether oxygens (including phenoxy) is 1. The molecule has 3 heteroatoms. The standard InChI is InChI=1S/C21H28N2O/c1-2-22-12-14-23(15-13-22)16-17-24-21-11-7-6-10-20(21)18-19-8-4-3-5-9-19/h3-11H,2,12-18H2,1H3. The molecule has 0 radical (unpaired) electrons. The Kier molecular flexibility index (Phi) is 6.27. The van der Waals surface area contributed by atoms with Gasteiger partial charge in [0.25, 0.3) is 0 Å². The van der Waals surface area contributed by atoms with Crippen LogP contribution < -0.4 is 4.74 Å². The fourth-order valence-corrected chi connectivity index (χ4v) is 3.22. The van der Waals surface area contributed by atoms with E-state index in [0.717, 1.165) is 45.0 Å². The fraction of sp³-hybridized carbons (Fsp3) is 0.429. The first-order valence-electron chi connectivity index (χ1n) is 9.04. The number of hydrogen-bond donors (Lipinski definition) is 0. The summed E-state index contributed by atoms with van der Waals surface area (Å²) in [5.41, 5.74) is 2.59. The van der Waals surface area contributed by atoms with Crippen LogP contribution in [0.4, 0.5) is 0 Å². The van der Waals surface area contributed by atoms with Crippen LogP contribution in [0.25, 0.3) is 0 Å². The molecule has 3 rings (SSSR count). The highest BCUT2D eigenvalue weighted by atomic mass is 16.5. The molecule has 1 aliphatic heterocycles. The predicted molar refractivity (Wildman–Crippen MR) is 99.7 cm³/mol. The molecule has 0 unspecified atom stereocenters. The second-order valence-electron chi connectivity index (χ2n) is 6.39. The van der Waals surface area contributed by atoms with Gasteiger partial charge in [-0.25, -0.2) is 0 Å². The molecule has 0 N–H and O–H groups in total. The SMILES string of the molecule is CCN1CCN(CCOc2ccccc2Cc2ccccc2)CC1. The van der Waals surface area contributed by atoms with E-state index in [4.69, 9.17) is 4.74 Å². The van der Waals surface area contributed by atoms with Crippen molar-refractivity contribution in [2.45, 2.75) is 13.3 Å². The number of piperazine rings is 1. The topological polar surface area (TPSA) is 15.7 Å². The third-order valence-electron chi connectivity index (χ3n) is 4.79. The first-order chi connectivity index (χ1) is 11.8. The molecule has 0 amide bonds. The molecule has 24 heavy (non-hydrogen) atoms. The predicted octanol–water partition coefficient (Wildman–Crippen LogP) is 3.29. The molecule has 0 aromatic heterocycles. The minimum absolute atomic E-state index is 0.762. The van der Waals surface area contributed by atoms with Gasteiger partial charge in [-0.3, -0.25) is 4.90 Å². The zero-order valence-electron chi connectivity index (χ0n) is 14.7. The molecule has 1 fully saturated rings. The van der Waals surface area contributed by atoms with Crippen molar-refractivity contribution < 1.29 is 4.74 Å². The monoisotopic (exact) mass is 324 g/mol. The third-order valence-corrected chi connectivity index (χ3v) is 4.79. The van der Waals surface area contributed by atoms with Gasteiger partial charge in [-0.05, 0) is 23.7 Å². The summed E-state index contributed by atoms with van der Waals surface area (Å²) in [5.74, 6) is 1.02. The van der Waals surface area contributed by atoms with Crippen molar-refractivity contribution in [2.75, 3.05) is 45.9 Å². The van der Waals surface area contributed by atoms with Crippen LogP contribution in [0.15, 0.2) is 54.6 Å². The molecular formula is C21H28N2O. The number of para-hydroxylation sites is 1. The Balaban J connectivity index is 1.50. The first-order valence-corrected chi connectivity index (χ1v) is 9.04. The lowest BCUT2D eigenvalue weighted by Gasteiger charge is -2.33. The highest BCUT2D eigenvalue weighted by Crippen LogP contribution is 2.21. The van der Waals surface area contributed by atoms with E-state index in [2.05, 4.69) is 71.3 Å². The van der Waals surface area contributed by atoms with Crippen LogP contribution in [0, 0.1) is 0 Å². The Labute approximate surface area is 145 Å². The fourth-order valence-electron chi connectivity index (χ4n) is 3.22. The Bertz CT molecular complexity index is 606. The molecule has 0 atom stereocenters. The van der Waals surface area contributed by atoms with Crippen LogP contribution in [0.2, 0.25) is 0 Å². The maximum atomic E-state index is 6.11. The van der Waals surface area contributed by atoms with Crippen LogP contribution in [-0.2, 0) is 6.42 Å². The summed E-state index contributed by atoms with van der Waals surface area (Å²) in [5, 5.41) is 0. The van der Waals surface area contributed by atoms with E-state index < -0.39 is 0 Å². The average molecular weight is 324 g/mol. The lowest BCUT2D eigenvalue weighted by molar-refractivity contribution is 0.120. The molecule has 2 aromatic rings. The molecule has 128 valence electrons. The Hall–Kier alpha value is -1.84. The number of likely N-dealkylation sites (N-methyl/N-ethyl adjacent to an activating group) is 1. The molecule has 0 aliphatic carbocycles. The van der Waals surface area contributed by atoms with Crippen LogP contribution in [0.1, 0.15) is 18.1 Å². The van der Waals surface area contributed by atoms with Gasteiger partial charge < -0.3 is 9.64 Å². The van der Waals surface area contributed by atoms with E-state index in [0.29, 0.717) is 0 Å². The third kappa shape index (κ3) is 4.83. The van der Waals surface area contributed by atoms with Crippen LogP contribution in [-0.4, -0.2) is 55.7 Å². The quantitative estimate of drug-likeness (QED) is 0.777. The van der Waals surface area contributed by atoms with Gasteiger partial charge in [0.15, 0.2) is 0 Å². The minimum Gasteiger partial charge on any atom is -0.492 e. The van der Waals surface area contributed by atoms with Gasteiger partial charge in [0.1, 0.15) is 12.4 Å². The summed E-state index contributed by atoms with van der Waals surface area (Å²) in [7, 11) is 0. The second-order valence-corrected chi connectivity index (χ2v) is 6.39. The second kappa shape index (κ2) is 8.86. The van der Waals surface area contributed by atoms with Crippen molar-refractivity contribution in [3.63, 3.8) is 0 Å². The average Bonchev–Trinajstić information content (AvgIpc) is 2.64. The molecule has 2 aromatic carbocycles. The maximum Gasteiger partial charge on any atom is 0.122 e. The van der Waals surface area contributed by atoms with Crippen LogP contribution in [0.5, 0.6) is 5.75 Å². The lowest BCUT2D eigenvalue weighted by Crippen LogP contribution is -2.47. The number of hydrogen-bond acceptors (Lipinski definition) is 3. The van der Waals surface area contributed by atoms with Crippen molar-refractivity contribution in [2.24, 2.45) is 0 Å². The molecule has 1 heterocycles. The number of benzene rings is 2. The zero-order valence-corrected chi connectivity index (χ0v) is 14.7. The number of rotatable bonds is 7. The van der Waals surface area contributed by atoms with Crippen LogP contribution in [0.3, 0.4) is 0 Å². The molecule has 0 saturated carbocycles. The molecule has 0 bridgehead atoms. The van der Waals surface area contributed by atoms with Crippen molar-refractivity contribution in [1.29, 1.82) is 0 Å².